The number of carboxylic acids is 2. The first-order chi connectivity index (χ1) is 14.3. The molecule has 0 spiro atoms. The maximum Gasteiger partial charge on any atom is 0.328 e. The lowest BCUT2D eigenvalue weighted by atomic mass is 10.0. The minimum atomic E-state index is -1.26. The highest BCUT2D eigenvalue weighted by molar-refractivity contribution is 7.99. The second kappa shape index (κ2) is 11.3. The Labute approximate surface area is 184 Å². The van der Waals surface area contributed by atoms with Crippen molar-refractivity contribution in [1.82, 2.24) is 4.90 Å². The largest absolute Gasteiger partial charge is 0.478 e. The number of fused-ring (bicyclic) bond motifs is 2. The summed E-state index contributed by atoms with van der Waals surface area (Å²) in [5.74, 6) is 4.03. The van der Waals surface area contributed by atoms with E-state index in [1.54, 1.807) is 11.8 Å². The second-order valence-corrected chi connectivity index (χ2v) is 7.91. The number of halogens is 1. The standard InChI is InChI=1S/C19H16ClNS.C4H4O4/c1-21(2)11-5-7-14-12-15-6-3-4-8-18(15)22-19-10-9-16(20)13-17(14)19;5-3(6)1-2-4(7)8/h3-4,6,8-10,12-13H,11H2,1-2H3;1-2H,(H,5,6)(H,7,8)/b;2-1-. The van der Waals surface area contributed by atoms with Crippen LogP contribution in [-0.4, -0.2) is 47.7 Å². The third-order valence-electron chi connectivity index (χ3n) is 3.66. The van der Waals surface area contributed by atoms with Crippen LogP contribution in [0.5, 0.6) is 0 Å². The van der Waals surface area contributed by atoms with Gasteiger partial charge < -0.3 is 10.2 Å². The van der Waals surface area contributed by atoms with E-state index >= 15 is 0 Å². The van der Waals surface area contributed by atoms with Crippen molar-refractivity contribution in [2.75, 3.05) is 20.6 Å². The average Bonchev–Trinajstić information content (AvgIpc) is 2.83. The van der Waals surface area contributed by atoms with Gasteiger partial charge in [-0.15, -0.1) is 0 Å². The number of benzene rings is 2. The van der Waals surface area contributed by atoms with E-state index in [2.05, 4.69) is 53.1 Å². The lowest BCUT2D eigenvalue weighted by Crippen LogP contribution is -2.10. The van der Waals surface area contributed by atoms with Gasteiger partial charge in [-0.25, -0.2) is 9.59 Å². The SMILES string of the molecule is CN(C)CC#CC1=Cc2ccccc2Sc2ccc(Cl)cc21.O=C(O)/C=C\C(=O)O. The number of carboxylic acid groups (broad SMARTS) is 2. The first-order valence-electron chi connectivity index (χ1n) is 8.82. The van der Waals surface area contributed by atoms with Gasteiger partial charge in [0.25, 0.3) is 0 Å². The molecule has 0 aromatic heterocycles. The van der Waals surface area contributed by atoms with Crippen LogP contribution in [0.4, 0.5) is 0 Å². The summed E-state index contributed by atoms with van der Waals surface area (Å²) in [4.78, 5) is 23.6. The van der Waals surface area contributed by atoms with Crippen molar-refractivity contribution in [2.45, 2.75) is 9.79 Å². The Bertz CT molecular complexity index is 1050. The molecule has 0 fully saturated rings. The van der Waals surface area contributed by atoms with Crippen molar-refractivity contribution in [1.29, 1.82) is 0 Å². The summed E-state index contributed by atoms with van der Waals surface area (Å²) >= 11 is 7.96. The van der Waals surface area contributed by atoms with E-state index in [4.69, 9.17) is 21.8 Å². The summed E-state index contributed by atoms with van der Waals surface area (Å²) in [5, 5.41) is 16.4. The van der Waals surface area contributed by atoms with E-state index in [-0.39, 0.29) is 0 Å². The second-order valence-electron chi connectivity index (χ2n) is 6.39. The molecular formula is C23H20ClNO4S. The Morgan fingerprint density at radius 1 is 1.07 bits per heavy atom. The number of hydrogen-bond acceptors (Lipinski definition) is 4. The van der Waals surface area contributed by atoms with Gasteiger partial charge in [-0.05, 0) is 50.0 Å². The molecule has 1 aliphatic heterocycles. The van der Waals surface area contributed by atoms with Crippen molar-refractivity contribution < 1.29 is 19.8 Å². The summed E-state index contributed by atoms with van der Waals surface area (Å²) in [7, 11) is 4.04. The molecule has 2 aromatic carbocycles. The summed E-state index contributed by atoms with van der Waals surface area (Å²) in [6, 6.07) is 14.4. The van der Waals surface area contributed by atoms with Crippen LogP contribution in [0, 0.1) is 11.8 Å². The quantitative estimate of drug-likeness (QED) is 0.534. The number of hydrogen-bond donors (Lipinski definition) is 2. The van der Waals surface area contributed by atoms with Crippen molar-refractivity contribution in [2.24, 2.45) is 0 Å². The smallest absolute Gasteiger partial charge is 0.328 e. The molecule has 5 nitrogen and oxygen atoms in total. The van der Waals surface area contributed by atoms with Gasteiger partial charge in [0.1, 0.15) is 0 Å². The molecule has 2 N–H and O–H groups in total. The summed E-state index contributed by atoms with van der Waals surface area (Å²) in [6.45, 7) is 0.738. The fourth-order valence-corrected chi connectivity index (χ4v) is 3.60. The molecule has 30 heavy (non-hydrogen) atoms. The third kappa shape index (κ3) is 7.45. The maximum atomic E-state index is 9.55. The Morgan fingerprint density at radius 2 is 1.73 bits per heavy atom. The van der Waals surface area contributed by atoms with Gasteiger partial charge in [0.05, 0.1) is 6.54 Å². The minimum Gasteiger partial charge on any atom is -0.478 e. The molecule has 0 radical (unpaired) electrons. The average molecular weight is 442 g/mol. The van der Waals surface area contributed by atoms with E-state index in [1.807, 2.05) is 26.2 Å². The fourth-order valence-electron chi connectivity index (χ4n) is 2.38. The van der Waals surface area contributed by atoms with Gasteiger partial charge in [0.2, 0.25) is 0 Å². The molecular weight excluding hydrogens is 422 g/mol. The van der Waals surface area contributed by atoms with Crippen molar-refractivity contribution in [3.63, 3.8) is 0 Å². The summed E-state index contributed by atoms with van der Waals surface area (Å²) in [6.07, 6.45) is 3.28. The molecule has 0 saturated carbocycles. The number of nitrogens with zero attached hydrogens (tertiary/aromatic N) is 1. The molecule has 1 heterocycles. The number of aliphatic carboxylic acids is 2. The Kier molecular flexibility index (Phi) is 8.75. The molecule has 0 saturated heterocycles. The van der Waals surface area contributed by atoms with Gasteiger partial charge in [0.15, 0.2) is 0 Å². The lowest BCUT2D eigenvalue weighted by molar-refractivity contribution is -0.134. The van der Waals surface area contributed by atoms with E-state index in [0.29, 0.717) is 12.2 Å². The zero-order valence-corrected chi connectivity index (χ0v) is 18.0. The molecule has 3 rings (SSSR count). The third-order valence-corrected chi connectivity index (χ3v) is 5.06. The Morgan fingerprint density at radius 3 is 2.37 bits per heavy atom. The van der Waals surface area contributed by atoms with Crippen LogP contribution in [-0.2, 0) is 9.59 Å². The molecule has 7 heteroatoms. The Hall–Kier alpha value is -2.98. The normalized spacial score (nSPS) is 11.8. The number of rotatable bonds is 3. The molecule has 2 aromatic rings. The lowest BCUT2D eigenvalue weighted by Gasteiger charge is -2.07. The molecule has 0 aliphatic carbocycles. The predicted octanol–water partition coefficient (Wildman–Crippen LogP) is 4.62. The van der Waals surface area contributed by atoms with Crippen molar-refractivity contribution in [3.05, 3.63) is 70.8 Å². The molecule has 0 amide bonds. The van der Waals surface area contributed by atoms with Crippen LogP contribution in [0.15, 0.2) is 64.4 Å². The molecule has 0 bridgehead atoms. The Balaban J connectivity index is 0.000000343. The molecule has 1 aliphatic rings. The monoisotopic (exact) mass is 441 g/mol. The van der Waals surface area contributed by atoms with Gasteiger partial charge in [0, 0.05) is 38.1 Å². The molecule has 0 unspecified atom stereocenters. The zero-order valence-electron chi connectivity index (χ0n) is 16.4. The van der Waals surface area contributed by atoms with Crippen LogP contribution in [0.1, 0.15) is 11.1 Å². The van der Waals surface area contributed by atoms with Crippen LogP contribution in [0.2, 0.25) is 5.02 Å². The van der Waals surface area contributed by atoms with E-state index in [9.17, 15) is 9.59 Å². The first kappa shape index (κ1) is 23.3. The first-order valence-corrected chi connectivity index (χ1v) is 10.0. The summed E-state index contributed by atoms with van der Waals surface area (Å²) in [5.41, 5.74) is 3.34. The van der Waals surface area contributed by atoms with Gasteiger partial charge in [-0.3, -0.25) is 4.90 Å². The van der Waals surface area contributed by atoms with Crippen LogP contribution < -0.4 is 0 Å². The highest BCUT2D eigenvalue weighted by Crippen LogP contribution is 2.41. The van der Waals surface area contributed by atoms with E-state index in [1.165, 1.54) is 15.4 Å². The number of carbonyl (C=O) groups is 2. The van der Waals surface area contributed by atoms with Crippen LogP contribution in [0.3, 0.4) is 0 Å². The summed E-state index contributed by atoms with van der Waals surface area (Å²) < 4.78 is 0. The molecule has 0 atom stereocenters. The zero-order chi connectivity index (χ0) is 22.1. The topological polar surface area (TPSA) is 77.8 Å². The minimum absolute atomic E-state index is 0.558. The highest BCUT2D eigenvalue weighted by Gasteiger charge is 2.15. The van der Waals surface area contributed by atoms with Crippen LogP contribution in [0.25, 0.3) is 11.6 Å². The molecule has 154 valence electrons. The highest BCUT2D eigenvalue weighted by atomic mass is 35.5. The number of allylic oxidation sites excluding steroid dienone is 1. The van der Waals surface area contributed by atoms with Crippen molar-refractivity contribution >= 4 is 47.0 Å². The fraction of sp³-hybridized carbons (Fsp3) is 0.130. The van der Waals surface area contributed by atoms with E-state index < -0.39 is 11.9 Å². The van der Waals surface area contributed by atoms with Gasteiger partial charge in [-0.2, -0.15) is 0 Å². The van der Waals surface area contributed by atoms with Crippen LogP contribution >= 0.6 is 23.4 Å². The van der Waals surface area contributed by atoms with Crippen molar-refractivity contribution in [3.8, 4) is 11.8 Å². The van der Waals surface area contributed by atoms with E-state index in [0.717, 1.165) is 22.7 Å². The maximum absolute atomic E-state index is 9.55. The van der Waals surface area contributed by atoms with Gasteiger partial charge in [-0.1, -0.05) is 53.4 Å². The van der Waals surface area contributed by atoms with Gasteiger partial charge >= 0.3 is 11.9 Å². The predicted molar refractivity (Wildman–Crippen MR) is 121 cm³/mol.